The smallest absolute Gasteiger partial charge is 0.0638 e. The minimum atomic E-state index is 0.0430. The third kappa shape index (κ3) is 0.424. The summed E-state index contributed by atoms with van der Waals surface area (Å²) >= 11 is 0. The Labute approximate surface area is 60.2 Å². The van der Waals surface area contributed by atoms with Crippen molar-refractivity contribution in [1.29, 1.82) is 0 Å². The minimum absolute atomic E-state index is 0.0430. The summed E-state index contributed by atoms with van der Waals surface area (Å²) in [6, 6.07) is 0. The lowest BCUT2D eigenvalue weighted by molar-refractivity contribution is 0.148. The molecule has 3 aliphatic carbocycles. The van der Waals surface area contributed by atoms with Crippen LogP contribution < -0.4 is 0 Å². The summed E-state index contributed by atoms with van der Waals surface area (Å²) in [6.07, 6.45) is 1.79. The molecule has 0 heterocycles. The molecule has 6 atom stereocenters. The number of hydrogen-bond acceptors (Lipinski definition) is 2. The topological polar surface area (TPSA) is 29.5 Å². The molecule has 3 fully saturated rings. The summed E-state index contributed by atoms with van der Waals surface area (Å²) in [5, 5.41) is 9.30. The van der Waals surface area contributed by atoms with Crippen LogP contribution in [0.15, 0.2) is 0 Å². The van der Waals surface area contributed by atoms with Gasteiger partial charge in [-0.2, -0.15) is 0 Å². The Balaban J connectivity index is 1.77. The van der Waals surface area contributed by atoms with E-state index in [0.29, 0.717) is 17.9 Å². The molecular formula is C8H12O2. The third-order valence-corrected chi connectivity index (χ3v) is 3.60. The lowest BCUT2D eigenvalue weighted by Crippen LogP contribution is -1.97. The average molecular weight is 140 g/mol. The van der Waals surface area contributed by atoms with Gasteiger partial charge in [-0.25, -0.2) is 0 Å². The molecule has 56 valence electrons. The van der Waals surface area contributed by atoms with Gasteiger partial charge in [0.05, 0.1) is 12.2 Å². The highest BCUT2D eigenvalue weighted by Gasteiger charge is 2.73. The van der Waals surface area contributed by atoms with Crippen molar-refractivity contribution in [3.63, 3.8) is 0 Å². The molecule has 3 rings (SSSR count). The maximum atomic E-state index is 9.30. The summed E-state index contributed by atoms with van der Waals surface area (Å²) < 4.78 is 5.26. The fourth-order valence-electron chi connectivity index (χ4n) is 3.00. The molecule has 0 saturated heterocycles. The number of aliphatic hydroxyl groups excluding tert-OH is 1. The van der Waals surface area contributed by atoms with Gasteiger partial charge in [-0.05, 0) is 30.1 Å². The van der Waals surface area contributed by atoms with Crippen molar-refractivity contribution in [2.24, 2.45) is 23.7 Å². The molecule has 3 saturated carbocycles. The number of hydrogen-bond donors (Lipinski definition) is 1. The third-order valence-electron chi connectivity index (χ3n) is 3.60. The number of fused-ring (bicyclic) bond motifs is 3. The SMILES string of the molecule is COC1C2CC3C(O)C3C21. The Morgan fingerprint density at radius 3 is 2.70 bits per heavy atom. The highest BCUT2D eigenvalue weighted by atomic mass is 16.5. The van der Waals surface area contributed by atoms with Crippen molar-refractivity contribution in [3.8, 4) is 0 Å². The Morgan fingerprint density at radius 2 is 2.10 bits per heavy atom. The van der Waals surface area contributed by atoms with Gasteiger partial charge >= 0.3 is 0 Å². The average Bonchev–Trinajstić information content (AvgIpc) is 2.73. The molecule has 10 heavy (non-hydrogen) atoms. The van der Waals surface area contributed by atoms with E-state index < -0.39 is 0 Å². The second-order valence-corrected chi connectivity index (χ2v) is 3.91. The van der Waals surface area contributed by atoms with Crippen LogP contribution >= 0.6 is 0 Å². The van der Waals surface area contributed by atoms with E-state index >= 15 is 0 Å². The van der Waals surface area contributed by atoms with Crippen LogP contribution in [0.2, 0.25) is 0 Å². The van der Waals surface area contributed by atoms with E-state index in [9.17, 15) is 5.11 Å². The maximum absolute atomic E-state index is 9.30. The number of methoxy groups -OCH3 is 1. The van der Waals surface area contributed by atoms with E-state index in [0.717, 1.165) is 11.8 Å². The number of rotatable bonds is 1. The van der Waals surface area contributed by atoms with Crippen molar-refractivity contribution in [3.05, 3.63) is 0 Å². The van der Waals surface area contributed by atoms with Gasteiger partial charge < -0.3 is 9.84 Å². The molecule has 0 bridgehead atoms. The lowest BCUT2D eigenvalue weighted by Gasteiger charge is -1.95. The van der Waals surface area contributed by atoms with Crippen LogP contribution in [0.1, 0.15) is 6.42 Å². The summed E-state index contributed by atoms with van der Waals surface area (Å²) in [6.45, 7) is 0. The van der Waals surface area contributed by atoms with Gasteiger partial charge in [-0.3, -0.25) is 0 Å². The van der Waals surface area contributed by atoms with Crippen molar-refractivity contribution >= 4 is 0 Å². The first-order valence-electron chi connectivity index (χ1n) is 4.05. The monoisotopic (exact) mass is 140 g/mol. The Hall–Kier alpha value is -0.0800. The first kappa shape index (κ1) is 5.56. The highest BCUT2D eigenvalue weighted by molar-refractivity contribution is 5.21. The molecule has 1 N–H and O–H groups in total. The van der Waals surface area contributed by atoms with Gasteiger partial charge in [-0.1, -0.05) is 0 Å². The zero-order valence-electron chi connectivity index (χ0n) is 6.03. The number of ether oxygens (including phenoxy) is 1. The van der Waals surface area contributed by atoms with E-state index in [2.05, 4.69) is 0 Å². The normalized spacial score (nSPS) is 69.0. The predicted molar refractivity (Wildman–Crippen MR) is 35.4 cm³/mol. The molecule has 0 aromatic carbocycles. The Kier molecular flexibility index (Phi) is 0.783. The Bertz CT molecular complexity index is 176. The van der Waals surface area contributed by atoms with Crippen LogP contribution in [-0.4, -0.2) is 24.4 Å². The van der Waals surface area contributed by atoms with E-state index in [1.807, 2.05) is 0 Å². The van der Waals surface area contributed by atoms with Crippen molar-refractivity contribution < 1.29 is 9.84 Å². The summed E-state index contributed by atoms with van der Waals surface area (Å²) in [4.78, 5) is 0. The molecule has 0 aliphatic heterocycles. The van der Waals surface area contributed by atoms with E-state index in [1.54, 1.807) is 7.11 Å². The van der Waals surface area contributed by atoms with E-state index in [4.69, 9.17) is 4.74 Å². The molecule has 0 aromatic rings. The highest BCUT2D eigenvalue weighted by Crippen LogP contribution is 2.70. The Morgan fingerprint density at radius 1 is 1.30 bits per heavy atom. The van der Waals surface area contributed by atoms with Crippen LogP contribution in [0.4, 0.5) is 0 Å². The van der Waals surface area contributed by atoms with Crippen LogP contribution in [0.3, 0.4) is 0 Å². The van der Waals surface area contributed by atoms with Crippen LogP contribution in [-0.2, 0) is 4.74 Å². The molecule has 6 unspecified atom stereocenters. The largest absolute Gasteiger partial charge is 0.393 e. The molecule has 0 amide bonds. The second kappa shape index (κ2) is 1.41. The molecule has 0 aromatic heterocycles. The lowest BCUT2D eigenvalue weighted by atomic mass is 10.2. The zero-order valence-corrected chi connectivity index (χ0v) is 6.03. The van der Waals surface area contributed by atoms with Crippen molar-refractivity contribution in [2.45, 2.75) is 18.6 Å². The van der Waals surface area contributed by atoms with E-state index in [1.165, 1.54) is 6.42 Å². The maximum Gasteiger partial charge on any atom is 0.0638 e. The predicted octanol–water partition coefficient (Wildman–Crippen LogP) is 0.258. The van der Waals surface area contributed by atoms with Crippen molar-refractivity contribution in [1.82, 2.24) is 0 Å². The summed E-state index contributed by atoms with van der Waals surface area (Å²) in [5.41, 5.74) is 0. The minimum Gasteiger partial charge on any atom is -0.393 e. The van der Waals surface area contributed by atoms with Crippen molar-refractivity contribution in [2.75, 3.05) is 7.11 Å². The molecule has 3 aliphatic rings. The van der Waals surface area contributed by atoms with E-state index in [-0.39, 0.29) is 6.10 Å². The van der Waals surface area contributed by atoms with Gasteiger partial charge in [0, 0.05) is 7.11 Å². The molecule has 0 spiro atoms. The van der Waals surface area contributed by atoms with Crippen LogP contribution in [0.5, 0.6) is 0 Å². The molecular weight excluding hydrogens is 128 g/mol. The summed E-state index contributed by atoms with van der Waals surface area (Å²) in [7, 11) is 1.78. The van der Waals surface area contributed by atoms with Gasteiger partial charge in [0.1, 0.15) is 0 Å². The fraction of sp³-hybridized carbons (Fsp3) is 1.00. The number of aliphatic hydroxyl groups is 1. The fourth-order valence-corrected chi connectivity index (χ4v) is 3.00. The van der Waals surface area contributed by atoms with Crippen LogP contribution in [0, 0.1) is 23.7 Å². The quantitative estimate of drug-likeness (QED) is 0.566. The first-order valence-corrected chi connectivity index (χ1v) is 4.05. The first-order chi connectivity index (χ1) is 4.84. The standard InChI is InChI=1S/C8H12O2/c1-10-8-4-2-3-5(6(4)8)7(3)9/h3-9H,2H2,1H3. The molecule has 2 heteroatoms. The molecule has 0 radical (unpaired) electrons. The zero-order chi connectivity index (χ0) is 6.88. The van der Waals surface area contributed by atoms with Gasteiger partial charge in [0.15, 0.2) is 0 Å². The summed E-state index contributed by atoms with van der Waals surface area (Å²) in [5.74, 6) is 2.87. The van der Waals surface area contributed by atoms with Crippen LogP contribution in [0.25, 0.3) is 0 Å². The van der Waals surface area contributed by atoms with Gasteiger partial charge in [0.2, 0.25) is 0 Å². The van der Waals surface area contributed by atoms with Gasteiger partial charge in [0.25, 0.3) is 0 Å². The second-order valence-electron chi connectivity index (χ2n) is 3.91. The van der Waals surface area contributed by atoms with Gasteiger partial charge in [-0.15, -0.1) is 0 Å². The molecule has 2 nitrogen and oxygen atoms in total.